The molecule has 0 spiro atoms. The van der Waals surface area contributed by atoms with E-state index >= 15 is 0 Å². The molecule has 7 nitrogen and oxygen atoms in total. The van der Waals surface area contributed by atoms with Gasteiger partial charge in [0.25, 0.3) is 0 Å². The third-order valence-electron chi connectivity index (χ3n) is 5.78. The van der Waals surface area contributed by atoms with Crippen molar-refractivity contribution in [2.75, 3.05) is 13.2 Å². The number of rotatable bonds is 5. The minimum atomic E-state index is -4.79. The van der Waals surface area contributed by atoms with E-state index in [-0.39, 0.29) is 12.2 Å². The molecular weight excluding hydrogens is 469 g/mol. The zero-order chi connectivity index (χ0) is 23.9. The lowest BCUT2D eigenvalue weighted by atomic mass is 9.87. The van der Waals surface area contributed by atoms with E-state index in [1.807, 2.05) is 0 Å². The van der Waals surface area contributed by atoms with Crippen LogP contribution in [0.15, 0.2) is 30.3 Å². The maximum Gasteiger partial charge on any atom is 0.573 e. The Morgan fingerprint density at radius 2 is 1.76 bits per heavy atom. The predicted octanol–water partition coefficient (Wildman–Crippen LogP) is 2.28. The van der Waals surface area contributed by atoms with Crippen LogP contribution in [0.1, 0.15) is 28.4 Å². The molecule has 180 valence electrons. The van der Waals surface area contributed by atoms with Gasteiger partial charge in [-0.05, 0) is 35.2 Å². The van der Waals surface area contributed by atoms with Crippen molar-refractivity contribution in [1.82, 2.24) is 0 Å². The molecule has 2 aliphatic heterocycles. The number of fused-ring (bicyclic) bond motifs is 1. The molecule has 0 saturated carbocycles. The van der Waals surface area contributed by atoms with Gasteiger partial charge in [-0.1, -0.05) is 29.8 Å². The fourth-order valence-electron chi connectivity index (χ4n) is 4.18. The van der Waals surface area contributed by atoms with Crippen LogP contribution in [0.4, 0.5) is 13.2 Å². The normalized spacial score (nSPS) is 27.2. The zero-order valence-corrected chi connectivity index (χ0v) is 17.9. The number of aliphatic hydroxyl groups is 4. The summed E-state index contributed by atoms with van der Waals surface area (Å²) in [5.74, 6) is 0.0507. The van der Waals surface area contributed by atoms with Crippen LogP contribution in [0.5, 0.6) is 11.5 Å². The van der Waals surface area contributed by atoms with E-state index in [1.54, 1.807) is 6.07 Å². The van der Waals surface area contributed by atoms with Crippen LogP contribution in [0.25, 0.3) is 0 Å². The number of hydrogen-bond acceptors (Lipinski definition) is 7. The first-order valence-electron chi connectivity index (χ1n) is 10.2. The second-order valence-corrected chi connectivity index (χ2v) is 8.34. The Hall–Kier alpha value is -2.08. The van der Waals surface area contributed by atoms with Crippen molar-refractivity contribution in [2.24, 2.45) is 0 Å². The minimum absolute atomic E-state index is 0.228. The van der Waals surface area contributed by atoms with E-state index in [1.165, 1.54) is 24.3 Å². The Kier molecular flexibility index (Phi) is 6.77. The second kappa shape index (κ2) is 9.28. The molecule has 2 aromatic carbocycles. The maximum absolute atomic E-state index is 12.4. The molecule has 0 bridgehead atoms. The van der Waals surface area contributed by atoms with Crippen LogP contribution >= 0.6 is 11.6 Å². The SMILES string of the molecule is OC[C@H]1O[C@@H](c2cc(Cc3ccc(OC(F)(F)F)cc3)c(Cl)c3c2CCO3)[C@H](O)[C@@H](O)[C@@H]1O. The Balaban J connectivity index is 1.66. The summed E-state index contributed by atoms with van der Waals surface area (Å²) in [7, 11) is 0. The van der Waals surface area contributed by atoms with Crippen molar-refractivity contribution < 1.29 is 47.8 Å². The molecule has 2 heterocycles. The summed E-state index contributed by atoms with van der Waals surface area (Å²) < 4.78 is 52.5. The molecule has 2 aliphatic rings. The highest BCUT2D eigenvalue weighted by Crippen LogP contribution is 2.44. The highest BCUT2D eigenvalue weighted by Gasteiger charge is 2.45. The average molecular weight is 491 g/mol. The quantitative estimate of drug-likeness (QED) is 0.509. The lowest BCUT2D eigenvalue weighted by molar-refractivity contribution is -0.274. The molecule has 33 heavy (non-hydrogen) atoms. The van der Waals surface area contributed by atoms with Gasteiger partial charge < -0.3 is 34.6 Å². The third-order valence-corrected chi connectivity index (χ3v) is 6.20. The smallest absolute Gasteiger partial charge is 0.491 e. The van der Waals surface area contributed by atoms with Crippen LogP contribution in [0.2, 0.25) is 5.02 Å². The van der Waals surface area contributed by atoms with Gasteiger partial charge in [0, 0.05) is 12.0 Å². The number of ether oxygens (including phenoxy) is 3. The van der Waals surface area contributed by atoms with Crippen LogP contribution in [0, 0.1) is 0 Å². The maximum atomic E-state index is 12.4. The first kappa shape index (κ1) is 24.1. The average Bonchev–Trinajstić information content (AvgIpc) is 3.25. The van der Waals surface area contributed by atoms with Gasteiger partial charge in [-0.25, -0.2) is 0 Å². The van der Waals surface area contributed by atoms with Gasteiger partial charge in [-0.3, -0.25) is 0 Å². The molecule has 5 atom stereocenters. The monoisotopic (exact) mass is 490 g/mol. The van der Waals surface area contributed by atoms with Gasteiger partial charge in [-0.15, -0.1) is 13.2 Å². The molecule has 1 fully saturated rings. The number of halogens is 4. The predicted molar refractivity (Wildman–Crippen MR) is 109 cm³/mol. The van der Waals surface area contributed by atoms with E-state index in [0.717, 1.165) is 0 Å². The van der Waals surface area contributed by atoms with Gasteiger partial charge in [0.05, 0.1) is 18.2 Å². The molecule has 11 heteroatoms. The van der Waals surface area contributed by atoms with Gasteiger partial charge >= 0.3 is 6.36 Å². The van der Waals surface area contributed by atoms with Crippen LogP contribution in [0.3, 0.4) is 0 Å². The fraction of sp³-hybridized carbons (Fsp3) is 0.455. The van der Waals surface area contributed by atoms with Crippen molar-refractivity contribution >= 4 is 11.6 Å². The molecule has 0 unspecified atom stereocenters. The van der Waals surface area contributed by atoms with Gasteiger partial charge in [0.1, 0.15) is 42.0 Å². The molecule has 1 saturated heterocycles. The van der Waals surface area contributed by atoms with Crippen molar-refractivity contribution in [2.45, 2.75) is 49.7 Å². The Labute approximate surface area is 191 Å². The number of alkyl halides is 3. The van der Waals surface area contributed by atoms with Crippen molar-refractivity contribution in [3.63, 3.8) is 0 Å². The Bertz CT molecular complexity index is 997. The molecule has 0 amide bonds. The first-order valence-corrected chi connectivity index (χ1v) is 10.6. The fourth-order valence-corrected chi connectivity index (χ4v) is 4.47. The van der Waals surface area contributed by atoms with Gasteiger partial charge in [-0.2, -0.15) is 0 Å². The number of benzene rings is 2. The van der Waals surface area contributed by atoms with Crippen LogP contribution in [-0.2, 0) is 17.6 Å². The topological polar surface area (TPSA) is 109 Å². The van der Waals surface area contributed by atoms with E-state index in [2.05, 4.69) is 4.74 Å². The molecule has 4 rings (SSSR count). The summed E-state index contributed by atoms with van der Waals surface area (Å²) in [4.78, 5) is 0. The van der Waals surface area contributed by atoms with E-state index in [0.29, 0.717) is 46.1 Å². The summed E-state index contributed by atoms with van der Waals surface area (Å²) in [6.45, 7) is -0.223. The summed E-state index contributed by atoms with van der Waals surface area (Å²) in [6.07, 6.45) is -10.7. The Morgan fingerprint density at radius 3 is 2.39 bits per heavy atom. The lowest BCUT2D eigenvalue weighted by Crippen LogP contribution is -2.55. The molecule has 0 radical (unpaired) electrons. The van der Waals surface area contributed by atoms with Crippen LogP contribution < -0.4 is 9.47 Å². The summed E-state index contributed by atoms with van der Waals surface area (Å²) in [6, 6.07) is 7.01. The van der Waals surface area contributed by atoms with Gasteiger partial charge in [0.15, 0.2) is 0 Å². The first-order chi connectivity index (χ1) is 15.6. The van der Waals surface area contributed by atoms with E-state index in [9.17, 15) is 33.6 Å². The zero-order valence-electron chi connectivity index (χ0n) is 17.1. The summed E-state index contributed by atoms with van der Waals surface area (Å²) in [5.41, 5.74) is 2.38. The third kappa shape index (κ3) is 4.91. The number of aliphatic hydroxyl groups excluding tert-OH is 4. The highest BCUT2D eigenvalue weighted by molar-refractivity contribution is 6.33. The second-order valence-electron chi connectivity index (χ2n) is 7.96. The molecule has 0 aromatic heterocycles. The lowest BCUT2D eigenvalue weighted by Gasteiger charge is -2.40. The number of hydrogen-bond donors (Lipinski definition) is 4. The highest BCUT2D eigenvalue weighted by atomic mass is 35.5. The largest absolute Gasteiger partial charge is 0.573 e. The standard InChI is InChI=1S/C22H22ClF3O7/c23-16-11(7-10-1-3-12(4-2-10)33-22(24,25)26)8-14(13-5-6-31-20(13)16)21-19(30)18(29)17(28)15(9-27)32-21/h1-4,8,15,17-19,21,27-30H,5-7,9H2/t15-,17-,18+,19-,21+/m1/s1. The van der Waals surface area contributed by atoms with Crippen molar-refractivity contribution in [1.29, 1.82) is 0 Å². The molecule has 2 aromatic rings. The van der Waals surface area contributed by atoms with Crippen molar-refractivity contribution in [3.8, 4) is 11.5 Å². The van der Waals surface area contributed by atoms with Crippen LogP contribution in [-0.4, -0.2) is 64.4 Å². The Morgan fingerprint density at radius 1 is 1.06 bits per heavy atom. The minimum Gasteiger partial charge on any atom is -0.491 e. The molecule has 4 N–H and O–H groups in total. The van der Waals surface area contributed by atoms with Gasteiger partial charge in [0.2, 0.25) is 0 Å². The molecular formula is C22H22ClF3O7. The summed E-state index contributed by atoms with van der Waals surface area (Å²) in [5, 5.41) is 40.7. The summed E-state index contributed by atoms with van der Waals surface area (Å²) >= 11 is 6.55. The van der Waals surface area contributed by atoms with E-state index in [4.69, 9.17) is 21.1 Å². The molecule has 0 aliphatic carbocycles. The van der Waals surface area contributed by atoms with E-state index < -0.39 is 43.5 Å². The van der Waals surface area contributed by atoms with Crippen molar-refractivity contribution in [3.05, 3.63) is 57.6 Å².